The number of hydrogen-bond donors (Lipinski definition) is 3. The third-order valence-corrected chi connectivity index (χ3v) is 4.22. The molecule has 0 fully saturated rings. The van der Waals surface area contributed by atoms with Crippen molar-refractivity contribution < 1.29 is 18.3 Å². The maximum absolute atomic E-state index is 12.0. The Morgan fingerprint density at radius 1 is 1.50 bits per heavy atom. The van der Waals surface area contributed by atoms with Crippen LogP contribution in [0.25, 0.3) is 0 Å². The largest absolute Gasteiger partial charge is 0.477 e. The summed E-state index contributed by atoms with van der Waals surface area (Å²) in [5, 5.41) is 8.73. The minimum Gasteiger partial charge on any atom is -0.477 e. The van der Waals surface area contributed by atoms with Crippen LogP contribution in [0.2, 0.25) is 0 Å². The normalized spacial score (nSPS) is 13.8. The standard InChI is InChI=1S/C11H18N2O4S/c1-4-9(7(2)3)13-18(16,17)8-5-10(11(14)15)12-6-8/h5-7,9,12-13H,4H2,1-3H3,(H,14,15). The molecule has 0 radical (unpaired) electrons. The molecule has 1 heterocycles. The van der Waals surface area contributed by atoms with Crippen molar-refractivity contribution in [2.75, 3.05) is 0 Å². The van der Waals surface area contributed by atoms with Gasteiger partial charge in [-0.2, -0.15) is 0 Å². The quantitative estimate of drug-likeness (QED) is 0.730. The molecule has 0 aliphatic carbocycles. The summed E-state index contributed by atoms with van der Waals surface area (Å²) in [4.78, 5) is 13.0. The van der Waals surface area contributed by atoms with Gasteiger partial charge >= 0.3 is 5.97 Å². The van der Waals surface area contributed by atoms with Gasteiger partial charge in [0.2, 0.25) is 10.0 Å². The molecule has 1 atom stereocenters. The Hall–Kier alpha value is -1.34. The molecule has 0 spiro atoms. The molecular formula is C11H18N2O4S. The number of hydrogen-bond acceptors (Lipinski definition) is 3. The van der Waals surface area contributed by atoms with Crippen molar-refractivity contribution >= 4 is 16.0 Å². The van der Waals surface area contributed by atoms with Crippen LogP contribution in [0, 0.1) is 5.92 Å². The highest BCUT2D eigenvalue weighted by atomic mass is 32.2. The maximum Gasteiger partial charge on any atom is 0.352 e. The molecule has 7 heteroatoms. The summed E-state index contributed by atoms with van der Waals surface area (Å²) in [5.74, 6) is -1.02. The molecule has 0 aromatic carbocycles. The number of aromatic nitrogens is 1. The van der Waals surface area contributed by atoms with Crippen molar-refractivity contribution in [3.8, 4) is 0 Å². The van der Waals surface area contributed by atoms with Gasteiger partial charge in [-0.1, -0.05) is 20.8 Å². The number of nitrogens with one attached hydrogen (secondary N) is 2. The van der Waals surface area contributed by atoms with E-state index >= 15 is 0 Å². The molecule has 102 valence electrons. The first kappa shape index (κ1) is 14.7. The van der Waals surface area contributed by atoms with Gasteiger partial charge < -0.3 is 10.1 Å². The highest BCUT2D eigenvalue weighted by Gasteiger charge is 2.23. The van der Waals surface area contributed by atoms with Crippen LogP contribution in [0.3, 0.4) is 0 Å². The highest BCUT2D eigenvalue weighted by molar-refractivity contribution is 7.89. The van der Waals surface area contributed by atoms with Crippen molar-refractivity contribution in [2.45, 2.75) is 38.1 Å². The van der Waals surface area contributed by atoms with E-state index in [1.165, 1.54) is 6.20 Å². The molecule has 1 aromatic rings. The van der Waals surface area contributed by atoms with Crippen LogP contribution < -0.4 is 4.72 Å². The molecule has 1 aromatic heterocycles. The third kappa shape index (κ3) is 3.33. The number of sulfonamides is 1. The van der Waals surface area contributed by atoms with E-state index in [1.54, 1.807) is 0 Å². The van der Waals surface area contributed by atoms with Crippen LogP contribution in [0.5, 0.6) is 0 Å². The Labute approximate surface area is 106 Å². The van der Waals surface area contributed by atoms with Gasteiger partial charge in [0.25, 0.3) is 0 Å². The van der Waals surface area contributed by atoms with E-state index in [2.05, 4.69) is 9.71 Å². The zero-order chi connectivity index (χ0) is 13.9. The number of carbonyl (C=O) groups is 1. The van der Waals surface area contributed by atoms with Crippen LogP contribution in [0.1, 0.15) is 37.7 Å². The summed E-state index contributed by atoms with van der Waals surface area (Å²) in [6.07, 6.45) is 1.85. The maximum atomic E-state index is 12.0. The number of H-pyrrole nitrogens is 1. The van der Waals surface area contributed by atoms with Crippen molar-refractivity contribution in [1.82, 2.24) is 9.71 Å². The van der Waals surface area contributed by atoms with E-state index in [-0.39, 0.29) is 22.5 Å². The van der Waals surface area contributed by atoms with Gasteiger partial charge in [-0.25, -0.2) is 17.9 Å². The second-order valence-corrected chi connectivity index (χ2v) is 6.15. The SMILES string of the molecule is CCC(NS(=O)(=O)c1c[nH]c(C(=O)O)c1)C(C)C. The number of aromatic carboxylic acids is 1. The van der Waals surface area contributed by atoms with Gasteiger partial charge in [0.1, 0.15) is 10.6 Å². The first-order valence-electron chi connectivity index (χ1n) is 5.72. The summed E-state index contributed by atoms with van der Waals surface area (Å²) in [5.41, 5.74) is -0.145. The predicted molar refractivity (Wildman–Crippen MR) is 67.0 cm³/mol. The molecule has 0 aliphatic heterocycles. The van der Waals surface area contributed by atoms with Crippen LogP contribution in [-0.4, -0.2) is 30.5 Å². The molecule has 0 saturated carbocycles. The van der Waals surface area contributed by atoms with Gasteiger partial charge in [0, 0.05) is 12.2 Å². The molecule has 0 aliphatic rings. The highest BCUT2D eigenvalue weighted by Crippen LogP contribution is 2.14. The zero-order valence-corrected chi connectivity index (χ0v) is 11.4. The number of aromatic amines is 1. The van der Waals surface area contributed by atoms with Crippen molar-refractivity contribution in [2.24, 2.45) is 5.92 Å². The Kier molecular flexibility index (Phi) is 4.53. The monoisotopic (exact) mass is 274 g/mol. The Morgan fingerprint density at radius 3 is 2.50 bits per heavy atom. The molecule has 1 rings (SSSR count). The van der Waals surface area contributed by atoms with Crippen molar-refractivity contribution in [3.05, 3.63) is 18.0 Å². The lowest BCUT2D eigenvalue weighted by Gasteiger charge is -2.20. The van der Waals surface area contributed by atoms with Crippen LogP contribution in [0.4, 0.5) is 0 Å². The molecule has 1 unspecified atom stereocenters. The average Bonchev–Trinajstić information content (AvgIpc) is 2.75. The van der Waals surface area contributed by atoms with Gasteiger partial charge in [-0.3, -0.25) is 0 Å². The van der Waals surface area contributed by atoms with Gasteiger partial charge in [-0.15, -0.1) is 0 Å². The first-order valence-corrected chi connectivity index (χ1v) is 7.20. The van der Waals surface area contributed by atoms with Crippen LogP contribution in [0.15, 0.2) is 17.2 Å². The Morgan fingerprint density at radius 2 is 2.11 bits per heavy atom. The zero-order valence-electron chi connectivity index (χ0n) is 10.6. The summed E-state index contributed by atoms with van der Waals surface area (Å²) >= 11 is 0. The lowest BCUT2D eigenvalue weighted by molar-refractivity contribution is 0.0691. The second kappa shape index (κ2) is 5.53. The van der Waals surface area contributed by atoms with E-state index < -0.39 is 16.0 Å². The summed E-state index contributed by atoms with van der Waals surface area (Å²) in [7, 11) is -3.67. The first-order chi connectivity index (χ1) is 8.27. The number of carboxylic acids is 1. The van der Waals surface area contributed by atoms with Crippen LogP contribution >= 0.6 is 0 Å². The van der Waals surface area contributed by atoms with Crippen molar-refractivity contribution in [3.63, 3.8) is 0 Å². The summed E-state index contributed by atoms with van der Waals surface area (Å²) in [6, 6.07) is 0.940. The minimum atomic E-state index is -3.67. The molecule has 0 amide bonds. The van der Waals surface area contributed by atoms with Gasteiger partial charge in [0.15, 0.2) is 0 Å². The Bertz CT molecular complexity index is 519. The lowest BCUT2D eigenvalue weighted by atomic mass is 10.0. The minimum absolute atomic E-state index is 0.0565. The van der Waals surface area contributed by atoms with Crippen molar-refractivity contribution in [1.29, 1.82) is 0 Å². The fraction of sp³-hybridized carbons (Fsp3) is 0.545. The van der Waals surface area contributed by atoms with Crippen LogP contribution in [-0.2, 0) is 10.0 Å². The molecule has 0 saturated heterocycles. The number of rotatable bonds is 6. The number of carboxylic acid groups (broad SMARTS) is 1. The van der Waals surface area contributed by atoms with Gasteiger partial charge in [0.05, 0.1) is 0 Å². The summed E-state index contributed by atoms with van der Waals surface area (Å²) in [6.45, 7) is 5.75. The Balaban J connectivity index is 2.95. The average molecular weight is 274 g/mol. The smallest absolute Gasteiger partial charge is 0.352 e. The fourth-order valence-corrected chi connectivity index (χ4v) is 3.07. The molecule has 0 bridgehead atoms. The predicted octanol–water partition coefficient (Wildman–Crippen LogP) is 1.43. The summed E-state index contributed by atoms with van der Waals surface area (Å²) < 4.78 is 26.6. The second-order valence-electron chi connectivity index (χ2n) is 4.43. The molecule has 3 N–H and O–H groups in total. The van der Waals surface area contributed by atoms with E-state index in [1.807, 2.05) is 20.8 Å². The molecular weight excluding hydrogens is 256 g/mol. The van der Waals surface area contributed by atoms with E-state index in [4.69, 9.17) is 5.11 Å². The molecule has 18 heavy (non-hydrogen) atoms. The molecule has 6 nitrogen and oxygen atoms in total. The van der Waals surface area contributed by atoms with E-state index in [0.29, 0.717) is 6.42 Å². The fourth-order valence-electron chi connectivity index (χ4n) is 1.61. The lowest BCUT2D eigenvalue weighted by Crippen LogP contribution is -2.37. The van der Waals surface area contributed by atoms with E-state index in [9.17, 15) is 13.2 Å². The van der Waals surface area contributed by atoms with Gasteiger partial charge in [-0.05, 0) is 18.4 Å². The van der Waals surface area contributed by atoms with E-state index in [0.717, 1.165) is 6.07 Å². The third-order valence-electron chi connectivity index (χ3n) is 2.75. The topological polar surface area (TPSA) is 99.3 Å².